The molecule has 101 heavy (non-hydrogen) atoms. The number of allylic oxidation sites excluding steroid dienone is 20. The molecule has 2 unspecified atom stereocenters. The maximum atomic E-state index is 13.0. The highest BCUT2D eigenvalue weighted by Gasteiger charge is 2.25. The van der Waals surface area contributed by atoms with Crippen LogP contribution in [0.3, 0.4) is 0 Å². The molecule has 0 aromatic heterocycles. The molecule has 9 heteroatoms. The predicted octanol–water partition coefficient (Wildman–Crippen LogP) is 27.8. The first-order valence-electron chi connectivity index (χ1n) is 42.7. The molecule has 0 radical (unpaired) electrons. The van der Waals surface area contributed by atoms with Crippen molar-refractivity contribution in [2.45, 2.75) is 399 Å². The van der Waals surface area contributed by atoms with E-state index >= 15 is 0 Å². The van der Waals surface area contributed by atoms with Gasteiger partial charge < -0.3 is 28.5 Å². The van der Waals surface area contributed by atoms with E-state index in [4.69, 9.17) is 18.9 Å². The summed E-state index contributed by atoms with van der Waals surface area (Å²) in [4.78, 5) is 37.8. The molecule has 0 fully saturated rings. The third-order valence-corrected chi connectivity index (χ3v) is 18.7. The van der Waals surface area contributed by atoms with Crippen LogP contribution in [0.5, 0.6) is 0 Å². The molecular formula is C92H162NO8+. The van der Waals surface area contributed by atoms with Crippen LogP contribution in [-0.2, 0) is 33.3 Å². The molecule has 0 aliphatic rings. The summed E-state index contributed by atoms with van der Waals surface area (Å²) in [5, 5.41) is 9.78. The van der Waals surface area contributed by atoms with Crippen LogP contribution >= 0.6 is 0 Å². The van der Waals surface area contributed by atoms with Gasteiger partial charge in [-0.3, -0.25) is 9.59 Å². The fraction of sp³-hybridized carbons (Fsp3) is 0.750. The summed E-state index contributed by atoms with van der Waals surface area (Å²) in [6, 6.07) is 0. The molecule has 0 aliphatic heterocycles. The lowest BCUT2D eigenvalue weighted by molar-refractivity contribution is -0.870. The molecule has 1 N–H and O–H groups in total. The second kappa shape index (κ2) is 81.4. The third kappa shape index (κ3) is 82.8. The molecule has 0 saturated carbocycles. The molecule has 0 rings (SSSR count). The molecule has 9 nitrogen and oxygen atoms in total. The topological polar surface area (TPSA) is 108 Å². The van der Waals surface area contributed by atoms with E-state index in [0.29, 0.717) is 23.9 Å². The molecule has 0 aliphatic carbocycles. The van der Waals surface area contributed by atoms with E-state index in [9.17, 15) is 19.5 Å². The number of rotatable bonds is 79. The maximum absolute atomic E-state index is 13.0. The fourth-order valence-electron chi connectivity index (χ4n) is 12.3. The third-order valence-electron chi connectivity index (χ3n) is 18.7. The lowest BCUT2D eigenvalue weighted by atomic mass is 10.0. The van der Waals surface area contributed by atoms with Crippen molar-refractivity contribution in [1.82, 2.24) is 0 Å². The van der Waals surface area contributed by atoms with Crippen molar-refractivity contribution in [2.24, 2.45) is 0 Å². The summed E-state index contributed by atoms with van der Waals surface area (Å²) < 4.78 is 23.0. The van der Waals surface area contributed by atoms with Gasteiger partial charge in [0, 0.05) is 12.8 Å². The van der Waals surface area contributed by atoms with E-state index < -0.39 is 24.3 Å². The predicted molar refractivity (Wildman–Crippen MR) is 438 cm³/mol. The number of quaternary nitrogens is 1. The minimum Gasteiger partial charge on any atom is -0.477 e. The van der Waals surface area contributed by atoms with Crippen molar-refractivity contribution in [2.75, 3.05) is 47.5 Å². The summed E-state index contributed by atoms with van der Waals surface area (Å²) in [5.74, 6) is -2.02. The number of carboxylic acid groups (broad SMARTS) is 1. The molecule has 0 aromatic carbocycles. The quantitative estimate of drug-likeness (QED) is 0.0211. The Bertz CT molecular complexity index is 2090. The van der Waals surface area contributed by atoms with Crippen molar-refractivity contribution in [3.05, 3.63) is 122 Å². The number of esters is 2. The van der Waals surface area contributed by atoms with Gasteiger partial charge in [0.05, 0.1) is 34.4 Å². The van der Waals surface area contributed by atoms with Crippen LogP contribution in [0.25, 0.3) is 0 Å². The highest BCUT2D eigenvalue weighted by molar-refractivity contribution is 5.71. The summed E-state index contributed by atoms with van der Waals surface area (Å²) in [6.45, 7) is 4.79. The second-order valence-electron chi connectivity index (χ2n) is 29.8. The number of hydrogen-bond donors (Lipinski definition) is 1. The Morgan fingerprint density at radius 3 is 0.842 bits per heavy atom. The van der Waals surface area contributed by atoms with Crippen molar-refractivity contribution >= 4 is 17.9 Å². The second-order valence-corrected chi connectivity index (χ2v) is 29.8. The highest BCUT2D eigenvalue weighted by Crippen LogP contribution is 2.20. The normalized spacial score (nSPS) is 13.2. The fourth-order valence-corrected chi connectivity index (χ4v) is 12.3. The smallest absolute Gasteiger partial charge is 0.361 e. The Labute approximate surface area is 625 Å². The van der Waals surface area contributed by atoms with Crippen LogP contribution in [0.2, 0.25) is 0 Å². The van der Waals surface area contributed by atoms with Crippen molar-refractivity contribution in [3.63, 3.8) is 0 Å². The van der Waals surface area contributed by atoms with Gasteiger partial charge in [0.15, 0.2) is 6.10 Å². The van der Waals surface area contributed by atoms with E-state index in [1.54, 1.807) is 0 Å². The summed E-state index contributed by atoms with van der Waals surface area (Å²) in [7, 11) is 5.98. The molecule has 0 aromatic rings. The Morgan fingerprint density at radius 2 is 0.564 bits per heavy atom. The number of carbonyl (C=O) groups excluding carboxylic acids is 2. The van der Waals surface area contributed by atoms with E-state index in [2.05, 4.69) is 135 Å². The van der Waals surface area contributed by atoms with Gasteiger partial charge in [-0.2, -0.15) is 0 Å². The minimum absolute atomic E-state index is 0.180. The summed E-state index contributed by atoms with van der Waals surface area (Å²) in [6.07, 6.45) is 114. The van der Waals surface area contributed by atoms with Crippen LogP contribution in [0.15, 0.2) is 122 Å². The first-order chi connectivity index (χ1) is 49.6. The highest BCUT2D eigenvalue weighted by atomic mass is 16.7. The summed E-state index contributed by atoms with van der Waals surface area (Å²) >= 11 is 0. The number of nitrogens with zero attached hydrogens (tertiary/aromatic N) is 1. The number of hydrogen-bond acceptors (Lipinski definition) is 7. The molecule has 0 bridgehead atoms. The van der Waals surface area contributed by atoms with E-state index in [1.165, 1.54) is 231 Å². The van der Waals surface area contributed by atoms with Gasteiger partial charge >= 0.3 is 17.9 Å². The van der Waals surface area contributed by atoms with Gasteiger partial charge in [-0.05, 0) is 89.9 Å². The van der Waals surface area contributed by atoms with E-state index in [1.807, 2.05) is 21.1 Å². The summed E-state index contributed by atoms with van der Waals surface area (Å²) in [5.41, 5.74) is 0. The number of ether oxygens (including phenoxy) is 4. The number of likely N-dealkylation sites (N-methyl/N-ethyl adjacent to an activating group) is 1. The minimum atomic E-state index is -1.52. The molecule has 0 spiro atoms. The van der Waals surface area contributed by atoms with Crippen molar-refractivity contribution < 1.29 is 42.9 Å². The van der Waals surface area contributed by atoms with Gasteiger partial charge in [0.25, 0.3) is 6.29 Å². The van der Waals surface area contributed by atoms with Crippen LogP contribution in [0.4, 0.5) is 0 Å². The van der Waals surface area contributed by atoms with Crippen LogP contribution < -0.4 is 0 Å². The lowest BCUT2D eigenvalue weighted by Crippen LogP contribution is -2.40. The van der Waals surface area contributed by atoms with Gasteiger partial charge in [0.1, 0.15) is 13.2 Å². The van der Waals surface area contributed by atoms with Crippen LogP contribution in [-0.4, -0.2) is 87.4 Å². The standard InChI is InChI=1S/C92H161NO8/c1-6-8-10-12-14-16-18-20-22-24-26-28-30-32-34-36-38-40-42-44-45-47-48-50-52-54-56-58-60-62-64-66-68-70-72-74-76-78-80-82-89(94)99-86-88(87-100-92(91(96)97)98-85-84-93(3,4)5)101-90(95)83-81-79-77-75-73-71-69-67-65-63-61-59-57-55-53-51-49-46-43-41-39-37-35-33-31-29-27-25-23-21-19-17-15-13-11-9-7-2/h9,11,15,17,21,23,27,29,33,35,39,41,46,49,53,55,59,61,65,67,88,92H,6-8,10,12-14,16,18-20,22,24-26,28,30-32,34,36-38,40,42-45,47-48,50-52,54,56-58,60,62-64,66,68-87H2,1-5H3/p+1/b11-9-,17-15-,23-21-,29-27-,35-33-,41-39-,49-46-,55-53-,61-59-,67-65-. The zero-order valence-corrected chi connectivity index (χ0v) is 66.8. The number of carboxylic acids is 1. The molecular weight excluding hydrogens is 1250 g/mol. The Balaban J connectivity index is 4.03. The van der Waals surface area contributed by atoms with Gasteiger partial charge in [-0.1, -0.05) is 405 Å². The van der Waals surface area contributed by atoms with Gasteiger partial charge in [-0.25, -0.2) is 4.79 Å². The first-order valence-corrected chi connectivity index (χ1v) is 42.7. The molecule has 2 atom stereocenters. The maximum Gasteiger partial charge on any atom is 0.361 e. The average molecular weight is 1410 g/mol. The zero-order valence-electron chi connectivity index (χ0n) is 66.8. The largest absolute Gasteiger partial charge is 0.477 e. The number of aliphatic carboxylic acids is 1. The first kappa shape index (κ1) is 96.7. The average Bonchev–Trinajstić information content (AvgIpc) is 1.25. The van der Waals surface area contributed by atoms with E-state index in [0.717, 1.165) is 122 Å². The lowest BCUT2D eigenvalue weighted by Gasteiger charge is -2.25. The van der Waals surface area contributed by atoms with Crippen LogP contribution in [0.1, 0.15) is 386 Å². The van der Waals surface area contributed by atoms with Crippen molar-refractivity contribution in [1.29, 1.82) is 0 Å². The van der Waals surface area contributed by atoms with Crippen molar-refractivity contribution in [3.8, 4) is 0 Å². The molecule has 0 saturated heterocycles. The Morgan fingerprint density at radius 1 is 0.307 bits per heavy atom. The SMILES string of the molecule is CC/C=C\C/C=C\C/C=C\C/C=C\C/C=C\C/C=C\C/C=C\C/C=C\C/C=C\C/C=C\CCCCCCCCC(=O)OC(COC(=O)CCCCCCCCCCCCCCCCCCCCCCCCCCCCCCCCCCCCCCCCC)COC(OCC[N+](C)(C)C)C(=O)O. The Kier molecular flexibility index (Phi) is 77.9. The molecule has 0 heterocycles. The monoisotopic (exact) mass is 1410 g/mol. The van der Waals surface area contributed by atoms with Gasteiger partial charge in [0.2, 0.25) is 0 Å². The van der Waals surface area contributed by atoms with E-state index in [-0.39, 0.29) is 32.2 Å². The van der Waals surface area contributed by atoms with Gasteiger partial charge in [-0.15, -0.1) is 0 Å². The Hall–Kier alpha value is -4.31. The molecule has 582 valence electrons. The number of unbranched alkanes of at least 4 members (excludes halogenated alkanes) is 44. The zero-order chi connectivity index (χ0) is 73.2. The van der Waals surface area contributed by atoms with Crippen LogP contribution in [0, 0.1) is 0 Å². The molecule has 0 amide bonds. The number of carbonyl (C=O) groups is 3.